The molecule has 0 fully saturated rings. The van der Waals surface area contributed by atoms with Crippen molar-refractivity contribution in [3.8, 4) is 0 Å². The smallest absolute Gasteiger partial charge is 0.0208 e. The van der Waals surface area contributed by atoms with E-state index in [0.29, 0.717) is 0 Å². The molecule has 0 rings (SSSR count). The summed E-state index contributed by atoms with van der Waals surface area (Å²) in [7, 11) is 0. The van der Waals surface area contributed by atoms with E-state index < -0.39 is 0 Å². The molecule has 3 atom stereocenters. The highest BCUT2D eigenvalue weighted by atomic mass is 14.2. The third-order valence-electron chi connectivity index (χ3n) is 3.17. The van der Waals surface area contributed by atoms with E-state index >= 15 is 0 Å². The number of allylic oxidation sites excluding steroid dienone is 1. The predicted octanol–water partition coefficient (Wildman–Crippen LogP) is 4.27. The van der Waals surface area contributed by atoms with Crippen LogP contribution >= 0.6 is 0 Å². The van der Waals surface area contributed by atoms with E-state index in [1.165, 1.54) is 19.3 Å². The van der Waals surface area contributed by atoms with Gasteiger partial charge in [0.1, 0.15) is 0 Å². The Morgan fingerprint density at radius 1 is 1.08 bits per heavy atom. The lowest BCUT2D eigenvalue weighted by Crippen LogP contribution is -2.18. The van der Waals surface area contributed by atoms with Crippen molar-refractivity contribution in [2.75, 3.05) is 0 Å². The van der Waals surface area contributed by atoms with Crippen LogP contribution in [0.1, 0.15) is 47.0 Å². The van der Waals surface area contributed by atoms with Gasteiger partial charge in [-0.1, -0.05) is 46.6 Å². The molecule has 0 spiro atoms. The molecule has 0 aromatic rings. The molecule has 0 aliphatic rings. The first kappa shape index (κ1) is 11.7. The lowest BCUT2D eigenvalue weighted by Gasteiger charge is -2.27. The molecular formula is C12H24. The van der Waals surface area contributed by atoms with Crippen LogP contribution in [0.4, 0.5) is 0 Å². The zero-order valence-electron chi connectivity index (χ0n) is 9.14. The Bertz CT molecular complexity index is 115. The first-order chi connectivity index (χ1) is 5.71. The molecule has 0 saturated carbocycles. The summed E-state index contributed by atoms with van der Waals surface area (Å²) >= 11 is 0. The highest BCUT2D eigenvalue weighted by molar-refractivity contribution is 4.85. The van der Waals surface area contributed by atoms with Gasteiger partial charge >= 0.3 is 0 Å². The van der Waals surface area contributed by atoms with Gasteiger partial charge in [0.05, 0.1) is 0 Å². The summed E-state index contributed by atoms with van der Waals surface area (Å²) in [5.74, 6) is 2.42. The topological polar surface area (TPSA) is 0 Å². The van der Waals surface area contributed by atoms with Crippen molar-refractivity contribution in [1.82, 2.24) is 0 Å². The van der Waals surface area contributed by atoms with Crippen LogP contribution in [0.5, 0.6) is 0 Å². The first-order valence-electron chi connectivity index (χ1n) is 5.33. The van der Waals surface area contributed by atoms with Crippen LogP contribution in [-0.4, -0.2) is 0 Å². The molecule has 12 heavy (non-hydrogen) atoms. The van der Waals surface area contributed by atoms with Gasteiger partial charge in [-0.3, -0.25) is 0 Å². The van der Waals surface area contributed by atoms with Gasteiger partial charge in [0, 0.05) is 0 Å². The summed E-state index contributed by atoms with van der Waals surface area (Å²) < 4.78 is 0. The summed E-state index contributed by atoms with van der Waals surface area (Å²) in [6.45, 7) is 13.1. The Morgan fingerprint density at radius 2 is 1.67 bits per heavy atom. The van der Waals surface area contributed by atoms with E-state index in [1.807, 2.05) is 0 Å². The summed E-state index contributed by atoms with van der Waals surface area (Å²) in [4.78, 5) is 0. The first-order valence-corrected chi connectivity index (χ1v) is 5.33. The van der Waals surface area contributed by atoms with Crippen LogP contribution < -0.4 is 0 Å². The number of hydrogen-bond donors (Lipinski definition) is 0. The Morgan fingerprint density at radius 3 is 1.92 bits per heavy atom. The fraction of sp³-hybridized carbons (Fsp3) is 0.833. The summed E-state index contributed by atoms with van der Waals surface area (Å²) in [6, 6.07) is 0. The van der Waals surface area contributed by atoms with Gasteiger partial charge in [-0.15, -0.1) is 6.58 Å². The third-order valence-corrected chi connectivity index (χ3v) is 3.17. The fourth-order valence-electron chi connectivity index (χ4n) is 2.07. The molecule has 0 aromatic carbocycles. The van der Waals surface area contributed by atoms with Gasteiger partial charge in [-0.25, -0.2) is 0 Å². The minimum Gasteiger partial charge on any atom is -0.103 e. The molecule has 3 unspecified atom stereocenters. The normalized spacial score (nSPS) is 18.3. The number of hydrogen-bond acceptors (Lipinski definition) is 0. The van der Waals surface area contributed by atoms with Crippen LogP contribution in [0, 0.1) is 17.8 Å². The largest absolute Gasteiger partial charge is 0.103 e. The average molecular weight is 168 g/mol. The molecule has 0 aliphatic carbocycles. The second-order valence-corrected chi connectivity index (χ2v) is 3.77. The molecule has 0 amide bonds. The molecule has 0 saturated heterocycles. The Labute approximate surface area is 78.1 Å². The Balaban J connectivity index is 4.19. The van der Waals surface area contributed by atoms with Crippen molar-refractivity contribution in [3.05, 3.63) is 12.7 Å². The highest BCUT2D eigenvalue weighted by Crippen LogP contribution is 2.29. The summed E-state index contributed by atoms with van der Waals surface area (Å²) in [5.41, 5.74) is 0. The molecular weight excluding hydrogens is 144 g/mol. The maximum atomic E-state index is 3.92. The van der Waals surface area contributed by atoms with E-state index in [2.05, 4.69) is 40.3 Å². The molecule has 0 radical (unpaired) electrons. The van der Waals surface area contributed by atoms with E-state index in [0.717, 1.165) is 17.8 Å². The summed E-state index contributed by atoms with van der Waals surface area (Å²) in [5, 5.41) is 0. The van der Waals surface area contributed by atoms with Crippen molar-refractivity contribution in [2.45, 2.75) is 47.0 Å². The standard InChI is InChI=1S/C12H24/c1-6-10(5)12(9-4)11(7-2)8-3/h7,10-12H,2,6,8-9H2,1,3-5H3. The fourth-order valence-corrected chi connectivity index (χ4v) is 2.07. The molecule has 0 aliphatic heterocycles. The van der Waals surface area contributed by atoms with Gasteiger partial charge in [-0.05, 0) is 24.2 Å². The van der Waals surface area contributed by atoms with Crippen molar-refractivity contribution >= 4 is 0 Å². The zero-order valence-corrected chi connectivity index (χ0v) is 9.14. The van der Waals surface area contributed by atoms with Crippen molar-refractivity contribution in [1.29, 1.82) is 0 Å². The summed E-state index contributed by atoms with van der Waals surface area (Å²) in [6.07, 6.45) is 5.97. The molecule has 0 bridgehead atoms. The molecule has 0 N–H and O–H groups in total. The molecule has 0 heterocycles. The highest BCUT2D eigenvalue weighted by Gasteiger charge is 2.20. The van der Waals surface area contributed by atoms with Crippen molar-refractivity contribution in [2.24, 2.45) is 17.8 Å². The predicted molar refractivity (Wildman–Crippen MR) is 57.2 cm³/mol. The van der Waals surface area contributed by atoms with Crippen molar-refractivity contribution in [3.63, 3.8) is 0 Å². The molecule has 72 valence electrons. The molecule has 0 nitrogen and oxygen atoms in total. The van der Waals surface area contributed by atoms with Crippen LogP contribution in [0.2, 0.25) is 0 Å². The lowest BCUT2D eigenvalue weighted by molar-refractivity contribution is 0.258. The maximum Gasteiger partial charge on any atom is -0.0208 e. The van der Waals surface area contributed by atoms with Gasteiger partial charge in [0.25, 0.3) is 0 Å². The second-order valence-electron chi connectivity index (χ2n) is 3.77. The van der Waals surface area contributed by atoms with Gasteiger partial charge in [0.15, 0.2) is 0 Å². The lowest BCUT2D eigenvalue weighted by atomic mass is 9.78. The molecule has 0 heteroatoms. The SMILES string of the molecule is C=CC(CC)C(CC)C(C)CC. The third kappa shape index (κ3) is 3.00. The minimum absolute atomic E-state index is 0.727. The zero-order chi connectivity index (χ0) is 9.56. The Kier molecular flexibility index (Phi) is 6.14. The van der Waals surface area contributed by atoms with Crippen molar-refractivity contribution < 1.29 is 0 Å². The van der Waals surface area contributed by atoms with E-state index in [-0.39, 0.29) is 0 Å². The van der Waals surface area contributed by atoms with E-state index in [4.69, 9.17) is 0 Å². The van der Waals surface area contributed by atoms with Crippen LogP contribution in [0.25, 0.3) is 0 Å². The minimum atomic E-state index is 0.727. The quantitative estimate of drug-likeness (QED) is 0.519. The van der Waals surface area contributed by atoms with Crippen LogP contribution in [0.15, 0.2) is 12.7 Å². The second kappa shape index (κ2) is 6.28. The maximum absolute atomic E-state index is 3.92. The van der Waals surface area contributed by atoms with Crippen LogP contribution in [0.3, 0.4) is 0 Å². The molecule has 0 aromatic heterocycles. The van der Waals surface area contributed by atoms with Gasteiger partial charge in [-0.2, -0.15) is 0 Å². The van der Waals surface area contributed by atoms with Gasteiger partial charge in [0.2, 0.25) is 0 Å². The van der Waals surface area contributed by atoms with Crippen LogP contribution in [-0.2, 0) is 0 Å². The number of rotatable bonds is 6. The van der Waals surface area contributed by atoms with E-state index in [1.54, 1.807) is 0 Å². The monoisotopic (exact) mass is 168 g/mol. The van der Waals surface area contributed by atoms with Gasteiger partial charge < -0.3 is 0 Å². The van der Waals surface area contributed by atoms with E-state index in [9.17, 15) is 0 Å². The average Bonchev–Trinajstić information content (AvgIpc) is 2.12. The Hall–Kier alpha value is -0.260.